The van der Waals surface area contributed by atoms with Crippen molar-refractivity contribution in [1.82, 2.24) is 9.99 Å². The van der Waals surface area contributed by atoms with E-state index >= 15 is 0 Å². The van der Waals surface area contributed by atoms with Crippen molar-refractivity contribution >= 4 is 14.2 Å². The van der Waals surface area contributed by atoms with Crippen LogP contribution in [0.3, 0.4) is 0 Å². The average molecular weight is 728 g/mol. The minimum atomic E-state index is -0.993. The summed E-state index contributed by atoms with van der Waals surface area (Å²) in [7, 11) is 2.40. The predicted molar refractivity (Wildman–Crippen MR) is 210 cm³/mol. The van der Waals surface area contributed by atoms with E-state index in [0.717, 1.165) is 37.2 Å². The molecular weight excluding hydrogens is 669 g/mol. The molecule has 0 saturated heterocycles. The highest BCUT2D eigenvalue weighted by Gasteiger charge is 2.39. The monoisotopic (exact) mass is 727 g/mol. The molecular formula is C42H58N5O4P. The van der Waals surface area contributed by atoms with Crippen molar-refractivity contribution in [3.05, 3.63) is 95.6 Å². The van der Waals surface area contributed by atoms with Crippen LogP contribution < -0.4 is 14.8 Å². The Bertz CT molecular complexity index is 1530. The minimum absolute atomic E-state index is 0.0473. The van der Waals surface area contributed by atoms with Crippen LogP contribution in [-0.2, 0) is 14.7 Å². The van der Waals surface area contributed by atoms with Gasteiger partial charge in [-0.25, -0.2) is 0 Å². The van der Waals surface area contributed by atoms with Crippen molar-refractivity contribution in [2.45, 2.75) is 103 Å². The number of nitriles is 1. The smallest absolute Gasteiger partial charge is 0.220 e. The molecule has 0 saturated carbocycles. The molecule has 1 aliphatic heterocycles. The number of methoxy groups -OCH3 is 2. The molecule has 9 nitrogen and oxygen atoms in total. The lowest BCUT2D eigenvalue weighted by Crippen LogP contribution is -2.35. The van der Waals surface area contributed by atoms with Crippen LogP contribution in [0.1, 0.15) is 96.3 Å². The number of amides is 1. The lowest BCUT2D eigenvalue weighted by Gasteiger charge is -2.41. The number of unbranched alkanes of at least 4 members (excludes halogenated alkanes) is 1. The Hall–Kier alpha value is -3.83. The summed E-state index contributed by atoms with van der Waals surface area (Å²) < 4.78 is 20.6. The average Bonchev–Trinajstić information content (AvgIpc) is 3.90. The highest BCUT2D eigenvalue weighted by Crippen LogP contribution is 2.49. The normalized spacial score (nSPS) is 14.6. The van der Waals surface area contributed by atoms with Gasteiger partial charge in [-0.05, 0) is 101 Å². The van der Waals surface area contributed by atoms with Crippen molar-refractivity contribution in [1.29, 1.82) is 5.26 Å². The van der Waals surface area contributed by atoms with Crippen LogP contribution >= 0.6 is 8.30 Å². The van der Waals surface area contributed by atoms with Gasteiger partial charge in [0.25, 0.3) is 0 Å². The largest absolute Gasteiger partial charge is 0.497 e. The molecule has 0 bridgehead atoms. The molecule has 10 heteroatoms. The van der Waals surface area contributed by atoms with Gasteiger partial charge in [0.05, 0.1) is 26.9 Å². The molecule has 1 heterocycles. The van der Waals surface area contributed by atoms with Gasteiger partial charge in [-0.15, -0.1) is 0 Å². The molecule has 0 aromatic heterocycles. The topological polar surface area (TPSA) is 109 Å². The first kappa shape index (κ1) is 40.9. The fourth-order valence-electron chi connectivity index (χ4n) is 7.11. The first-order valence-corrected chi connectivity index (χ1v) is 20.1. The van der Waals surface area contributed by atoms with Crippen LogP contribution in [-0.4, -0.2) is 61.9 Å². The van der Waals surface area contributed by atoms with Crippen molar-refractivity contribution in [3.8, 4) is 17.6 Å². The third-order valence-electron chi connectivity index (χ3n) is 9.85. The Balaban J connectivity index is 1.68. The first-order valence-electron chi connectivity index (χ1n) is 18.7. The first-order chi connectivity index (χ1) is 25.0. The quantitative estimate of drug-likeness (QED) is 0.0592. The van der Waals surface area contributed by atoms with Gasteiger partial charge in [0.2, 0.25) is 5.91 Å². The molecule has 2 unspecified atom stereocenters. The second-order valence-corrected chi connectivity index (χ2v) is 16.3. The Morgan fingerprint density at radius 3 is 1.94 bits per heavy atom. The van der Waals surface area contributed by atoms with Crippen molar-refractivity contribution in [2.24, 2.45) is 16.1 Å². The summed E-state index contributed by atoms with van der Waals surface area (Å²) in [6.07, 6.45) is 5.74. The second-order valence-electron chi connectivity index (χ2n) is 14.4. The summed E-state index contributed by atoms with van der Waals surface area (Å²) >= 11 is 0. The maximum Gasteiger partial charge on any atom is 0.220 e. The zero-order chi connectivity index (χ0) is 37.6. The zero-order valence-electron chi connectivity index (χ0n) is 32.2. The van der Waals surface area contributed by atoms with Crippen LogP contribution in [0.15, 0.2) is 89.1 Å². The van der Waals surface area contributed by atoms with E-state index in [0.29, 0.717) is 50.7 Å². The van der Waals surface area contributed by atoms with Crippen molar-refractivity contribution < 1.29 is 18.8 Å². The molecule has 3 aromatic carbocycles. The molecule has 1 amide bonds. The number of ether oxygens (including phenoxy) is 2. The van der Waals surface area contributed by atoms with Gasteiger partial charge in [0.15, 0.2) is 5.66 Å². The molecule has 1 N–H and O–H groups in total. The van der Waals surface area contributed by atoms with E-state index in [1.165, 1.54) is 16.7 Å². The molecule has 0 radical (unpaired) electrons. The standard InChI is InChI=1S/C42H58N5O4P/c1-32(2)47(33(3)4)52(29-13-27-43)51-31-34(14-11-12-28-44-40(48)25-26-41(5)45-46-41)30-42(35-15-9-8-10-16-35,36-17-21-38(49-6)22-18-36)37-19-23-39(50-7)24-20-37/h8-10,15-24,32-34H,11-14,25-26,28-31H2,1-7H3,(H,44,48). The molecule has 0 spiro atoms. The van der Waals surface area contributed by atoms with Gasteiger partial charge < -0.3 is 19.3 Å². The fourth-order valence-corrected chi connectivity index (χ4v) is 9.31. The van der Waals surface area contributed by atoms with Crippen molar-refractivity contribution in [2.75, 3.05) is 33.5 Å². The number of benzene rings is 3. The van der Waals surface area contributed by atoms with Crippen LogP contribution in [0.25, 0.3) is 0 Å². The summed E-state index contributed by atoms with van der Waals surface area (Å²) in [5, 5.41) is 20.7. The number of hydrogen-bond acceptors (Lipinski definition) is 8. The summed E-state index contributed by atoms with van der Waals surface area (Å²) in [4.78, 5) is 12.5. The number of hydrogen-bond donors (Lipinski definition) is 1. The van der Waals surface area contributed by atoms with E-state index < -0.39 is 13.7 Å². The Kier molecular flexibility index (Phi) is 15.6. The number of rotatable bonds is 23. The van der Waals surface area contributed by atoms with Gasteiger partial charge in [0, 0.05) is 49.5 Å². The van der Waals surface area contributed by atoms with Crippen LogP contribution in [0.4, 0.5) is 0 Å². The van der Waals surface area contributed by atoms with E-state index in [4.69, 9.17) is 14.0 Å². The number of nitrogens with one attached hydrogen (secondary N) is 1. The third kappa shape index (κ3) is 11.3. The molecule has 280 valence electrons. The number of carbonyl (C=O) groups excluding carboxylic acids is 1. The van der Waals surface area contributed by atoms with Crippen LogP contribution in [0.2, 0.25) is 0 Å². The predicted octanol–water partition coefficient (Wildman–Crippen LogP) is 9.65. The Morgan fingerprint density at radius 1 is 0.885 bits per heavy atom. The minimum Gasteiger partial charge on any atom is -0.497 e. The SMILES string of the molecule is COc1ccc(C(CC(CCCCNC(=O)CCC2(C)N=N2)COP(CCC#N)N(C(C)C)C(C)C)(c2ccccc2)c2ccc(OC)cc2)cc1. The van der Waals surface area contributed by atoms with Gasteiger partial charge in [-0.3, -0.25) is 9.46 Å². The maximum atomic E-state index is 12.5. The summed E-state index contributed by atoms with van der Waals surface area (Å²) in [5.41, 5.74) is 2.66. The molecule has 4 rings (SSSR count). The van der Waals surface area contributed by atoms with E-state index in [2.05, 4.69) is 109 Å². The van der Waals surface area contributed by atoms with Gasteiger partial charge in [-0.2, -0.15) is 15.5 Å². The van der Waals surface area contributed by atoms with Gasteiger partial charge in [-0.1, -0.05) is 61.0 Å². The Morgan fingerprint density at radius 2 is 1.44 bits per heavy atom. The zero-order valence-corrected chi connectivity index (χ0v) is 33.1. The molecule has 2 atom stereocenters. The third-order valence-corrected chi connectivity index (χ3v) is 12.3. The maximum absolute atomic E-state index is 12.5. The van der Waals surface area contributed by atoms with Crippen LogP contribution in [0, 0.1) is 17.2 Å². The lowest BCUT2D eigenvalue weighted by molar-refractivity contribution is -0.121. The van der Waals surface area contributed by atoms with E-state index in [1.807, 2.05) is 31.2 Å². The molecule has 1 aliphatic rings. The number of nitrogens with zero attached hydrogens (tertiary/aromatic N) is 4. The molecule has 0 aliphatic carbocycles. The van der Waals surface area contributed by atoms with Crippen LogP contribution in [0.5, 0.6) is 11.5 Å². The van der Waals surface area contributed by atoms with E-state index in [-0.39, 0.29) is 17.5 Å². The highest BCUT2D eigenvalue weighted by atomic mass is 31.2. The number of carbonyl (C=O) groups is 1. The molecule has 0 fully saturated rings. The lowest BCUT2D eigenvalue weighted by atomic mass is 9.64. The van der Waals surface area contributed by atoms with Crippen molar-refractivity contribution in [3.63, 3.8) is 0 Å². The van der Waals surface area contributed by atoms with Gasteiger partial charge >= 0.3 is 0 Å². The summed E-state index contributed by atoms with van der Waals surface area (Å²) in [5.74, 6) is 1.82. The van der Waals surface area contributed by atoms with E-state index in [1.54, 1.807) is 14.2 Å². The highest BCUT2D eigenvalue weighted by molar-refractivity contribution is 7.50. The fraction of sp³-hybridized carbons (Fsp3) is 0.524. The summed E-state index contributed by atoms with van der Waals surface area (Å²) in [6.45, 7) is 12.0. The van der Waals surface area contributed by atoms with Gasteiger partial charge in [0.1, 0.15) is 19.8 Å². The van der Waals surface area contributed by atoms with E-state index in [9.17, 15) is 10.1 Å². The second kappa shape index (κ2) is 19.9. The molecule has 52 heavy (non-hydrogen) atoms. The Labute approximate surface area is 313 Å². The summed E-state index contributed by atoms with van der Waals surface area (Å²) in [6, 6.07) is 30.6. The molecule has 3 aromatic rings.